The largest absolute Gasteiger partial charge is 0.319 e. The first kappa shape index (κ1) is 14.5. The molecule has 1 unspecified atom stereocenters. The SMILES string of the molecule is CC.CCC(C)(CNC)C(C)C. The molecule has 1 nitrogen and oxygen atoms in total. The Morgan fingerprint density at radius 1 is 1.25 bits per heavy atom. The summed E-state index contributed by atoms with van der Waals surface area (Å²) in [4.78, 5) is 0. The molecule has 0 aliphatic carbocycles. The van der Waals surface area contributed by atoms with Gasteiger partial charge in [-0.05, 0) is 24.8 Å². The van der Waals surface area contributed by atoms with Crippen LogP contribution in [0.2, 0.25) is 0 Å². The Kier molecular flexibility index (Phi) is 9.17. The van der Waals surface area contributed by atoms with Crippen molar-refractivity contribution in [1.29, 1.82) is 0 Å². The molecule has 0 aromatic heterocycles. The maximum absolute atomic E-state index is 3.24. The highest BCUT2D eigenvalue weighted by atomic mass is 14.8. The molecule has 0 heterocycles. The van der Waals surface area contributed by atoms with Crippen molar-refractivity contribution in [3.63, 3.8) is 0 Å². The second-order valence-electron chi connectivity index (χ2n) is 3.69. The molecule has 1 atom stereocenters. The van der Waals surface area contributed by atoms with Crippen molar-refractivity contribution in [3.05, 3.63) is 0 Å². The third-order valence-corrected chi connectivity index (χ3v) is 2.78. The number of hydrogen-bond acceptors (Lipinski definition) is 1. The zero-order valence-electron chi connectivity index (χ0n) is 9.99. The van der Waals surface area contributed by atoms with Crippen LogP contribution in [0.25, 0.3) is 0 Å². The van der Waals surface area contributed by atoms with Crippen molar-refractivity contribution in [2.24, 2.45) is 11.3 Å². The Morgan fingerprint density at radius 3 is 1.75 bits per heavy atom. The van der Waals surface area contributed by atoms with Crippen molar-refractivity contribution >= 4 is 0 Å². The first-order valence-corrected chi connectivity index (χ1v) is 5.21. The van der Waals surface area contributed by atoms with Crippen LogP contribution in [0.4, 0.5) is 0 Å². The van der Waals surface area contributed by atoms with Gasteiger partial charge in [0.05, 0.1) is 0 Å². The van der Waals surface area contributed by atoms with Gasteiger partial charge in [-0.25, -0.2) is 0 Å². The fourth-order valence-corrected chi connectivity index (χ4v) is 1.14. The predicted octanol–water partition coefficient (Wildman–Crippen LogP) is 3.30. The van der Waals surface area contributed by atoms with Gasteiger partial charge in [0.1, 0.15) is 0 Å². The monoisotopic (exact) mass is 173 g/mol. The van der Waals surface area contributed by atoms with Gasteiger partial charge in [-0.1, -0.05) is 41.5 Å². The van der Waals surface area contributed by atoms with Gasteiger partial charge in [0.2, 0.25) is 0 Å². The van der Waals surface area contributed by atoms with Crippen molar-refractivity contribution in [2.45, 2.75) is 48.0 Å². The van der Waals surface area contributed by atoms with E-state index in [2.05, 4.69) is 33.0 Å². The molecule has 0 saturated carbocycles. The molecule has 0 aromatic rings. The van der Waals surface area contributed by atoms with Gasteiger partial charge in [0, 0.05) is 6.54 Å². The molecule has 0 fully saturated rings. The van der Waals surface area contributed by atoms with Crippen LogP contribution in [0.1, 0.15) is 48.0 Å². The van der Waals surface area contributed by atoms with Crippen molar-refractivity contribution in [2.75, 3.05) is 13.6 Å². The lowest BCUT2D eigenvalue weighted by atomic mass is 9.77. The van der Waals surface area contributed by atoms with E-state index >= 15 is 0 Å². The molecule has 0 saturated heterocycles. The van der Waals surface area contributed by atoms with Crippen molar-refractivity contribution in [1.82, 2.24) is 5.32 Å². The minimum absolute atomic E-state index is 0.481. The quantitative estimate of drug-likeness (QED) is 0.688. The Bertz CT molecular complexity index is 89.0. The highest BCUT2D eigenvalue weighted by molar-refractivity contribution is 4.77. The minimum Gasteiger partial charge on any atom is -0.319 e. The summed E-state index contributed by atoms with van der Waals surface area (Å²) < 4.78 is 0. The molecule has 0 aromatic carbocycles. The summed E-state index contributed by atoms with van der Waals surface area (Å²) in [7, 11) is 2.02. The van der Waals surface area contributed by atoms with E-state index in [9.17, 15) is 0 Å². The van der Waals surface area contributed by atoms with E-state index < -0.39 is 0 Å². The summed E-state index contributed by atoms with van der Waals surface area (Å²) >= 11 is 0. The second kappa shape index (κ2) is 7.60. The molecule has 0 rings (SSSR count). The number of nitrogens with one attached hydrogen (secondary N) is 1. The van der Waals surface area contributed by atoms with Gasteiger partial charge in [-0.15, -0.1) is 0 Å². The Labute approximate surface area is 78.9 Å². The Morgan fingerprint density at radius 2 is 1.67 bits per heavy atom. The molecule has 1 heteroatoms. The molecule has 0 radical (unpaired) electrons. The van der Waals surface area contributed by atoms with E-state index in [1.807, 2.05) is 20.9 Å². The maximum Gasteiger partial charge on any atom is 0.000450 e. The minimum atomic E-state index is 0.481. The number of hydrogen-bond donors (Lipinski definition) is 1. The summed E-state index contributed by atoms with van der Waals surface area (Å²) in [5.74, 6) is 0.768. The molecule has 76 valence electrons. The molecule has 0 aliphatic rings. The van der Waals surface area contributed by atoms with Gasteiger partial charge >= 0.3 is 0 Å². The van der Waals surface area contributed by atoms with Crippen LogP contribution in [-0.4, -0.2) is 13.6 Å². The normalized spacial score (nSPS) is 15.0. The zero-order valence-corrected chi connectivity index (χ0v) is 9.99. The van der Waals surface area contributed by atoms with E-state index in [0.717, 1.165) is 12.5 Å². The van der Waals surface area contributed by atoms with Crippen LogP contribution < -0.4 is 5.32 Å². The fraction of sp³-hybridized carbons (Fsp3) is 1.00. The number of rotatable bonds is 4. The summed E-state index contributed by atoms with van der Waals surface area (Å²) in [5.41, 5.74) is 0.481. The molecule has 0 bridgehead atoms. The van der Waals surface area contributed by atoms with Gasteiger partial charge in [-0.2, -0.15) is 0 Å². The molecule has 12 heavy (non-hydrogen) atoms. The summed E-state index contributed by atoms with van der Waals surface area (Å²) in [6, 6.07) is 0. The van der Waals surface area contributed by atoms with E-state index in [-0.39, 0.29) is 0 Å². The van der Waals surface area contributed by atoms with Crippen LogP contribution in [0.15, 0.2) is 0 Å². The molecule has 0 spiro atoms. The van der Waals surface area contributed by atoms with Crippen LogP contribution in [0.3, 0.4) is 0 Å². The average Bonchev–Trinajstić information content (AvgIpc) is 2.08. The zero-order chi connectivity index (χ0) is 10.2. The van der Waals surface area contributed by atoms with Crippen LogP contribution in [-0.2, 0) is 0 Å². The first-order valence-electron chi connectivity index (χ1n) is 5.21. The Hall–Kier alpha value is -0.0400. The molecular weight excluding hydrogens is 146 g/mol. The standard InChI is InChI=1S/C9H21N.C2H6/c1-6-9(4,7-10-5)8(2)3;1-2/h8,10H,6-7H2,1-5H3;1-2H3. The van der Waals surface area contributed by atoms with Gasteiger partial charge in [-0.3, -0.25) is 0 Å². The van der Waals surface area contributed by atoms with E-state index in [4.69, 9.17) is 0 Å². The highest BCUT2D eigenvalue weighted by Gasteiger charge is 2.24. The molecule has 1 N–H and O–H groups in total. The smallest absolute Gasteiger partial charge is 0.000450 e. The molecular formula is C11H27N. The maximum atomic E-state index is 3.24. The van der Waals surface area contributed by atoms with E-state index in [1.165, 1.54) is 6.42 Å². The van der Waals surface area contributed by atoms with Gasteiger partial charge in [0.15, 0.2) is 0 Å². The summed E-state index contributed by atoms with van der Waals surface area (Å²) in [6.07, 6.45) is 1.26. The molecule has 0 amide bonds. The lowest BCUT2D eigenvalue weighted by Gasteiger charge is -2.32. The van der Waals surface area contributed by atoms with Crippen molar-refractivity contribution in [3.8, 4) is 0 Å². The topological polar surface area (TPSA) is 12.0 Å². The summed E-state index contributed by atoms with van der Waals surface area (Å²) in [5, 5.41) is 3.24. The van der Waals surface area contributed by atoms with E-state index in [0.29, 0.717) is 5.41 Å². The van der Waals surface area contributed by atoms with Crippen LogP contribution in [0, 0.1) is 11.3 Å². The van der Waals surface area contributed by atoms with Crippen LogP contribution >= 0.6 is 0 Å². The third-order valence-electron chi connectivity index (χ3n) is 2.78. The first-order chi connectivity index (χ1) is 5.56. The second-order valence-corrected chi connectivity index (χ2v) is 3.69. The Balaban J connectivity index is 0. The van der Waals surface area contributed by atoms with Gasteiger partial charge < -0.3 is 5.32 Å². The van der Waals surface area contributed by atoms with Crippen LogP contribution in [0.5, 0.6) is 0 Å². The predicted molar refractivity (Wildman–Crippen MR) is 58.5 cm³/mol. The van der Waals surface area contributed by atoms with Crippen molar-refractivity contribution < 1.29 is 0 Å². The van der Waals surface area contributed by atoms with Gasteiger partial charge in [0.25, 0.3) is 0 Å². The average molecular weight is 173 g/mol. The van der Waals surface area contributed by atoms with E-state index in [1.54, 1.807) is 0 Å². The third kappa shape index (κ3) is 4.76. The lowest BCUT2D eigenvalue weighted by molar-refractivity contribution is 0.205. The summed E-state index contributed by atoms with van der Waals surface area (Å²) in [6.45, 7) is 14.3. The highest BCUT2D eigenvalue weighted by Crippen LogP contribution is 2.29. The lowest BCUT2D eigenvalue weighted by Crippen LogP contribution is -2.33. The fourth-order valence-electron chi connectivity index (χ4n) is 1.14. The molecule has 0 aliphatic heterocycles.